The molecule has 1 aromatic heterocycles. The van der Waals surface area contributed by atoms with E-state index in [4.69, 9.17) is 5.11 Å². The molecule has 1 aromatic carbocycles. The van der Waals surface area contributed by atoms with Crippen LogP contribution in [-0.4, -0.2) is 25.5 Å². The number of para-hydroxylation sites is 1. The van der Waals surface area contributed by atoms with E-state index in [0.717, 1.165) is 16.9 Å². The van der Waals surface area contributed by atoms with E-state index in [9.17, 15) is 13.2 Å². The molecule has 0 bridgehead atoms. The molecule has 110 valence electrons. The van der Waals surface area contributed by atoms with Gasteiger partial charge in [-0.1, -0.05) is 18.2 Å². The number of benzene rings is 1. The Bertz CT molecular complexity index is 810. The lowest BCUT2D eigenvalue weighted by atomic mass is 10.1. The molecule has 1 N–H and O–H groups in total. The molecule has 2 aromatic rings. The Labute approximate surface area is 126 Å². The van der Waals surface area contributed by atoms with Crippen LogP contribution >= 0.6 is 11.3 Å². The number of rotatable bonds is 3. The van der Waals surface area contributed by atoms with Crippen molar-refractivity contribution in [2.24, 2.45) is 0 Å². The van der Waals surface area contributed by atoms with Crippen molar-refractivity contribution >= 4 is 33.0 Å². The van der Waals surface area contributed by atoms with Crippen LogP contribution in [0.4, 0.5) is 5.69 Å². The molecule has 7 heteroatoms. The Kier molecular flexibility index (Phi) is 3.26. The van der Waals surface area contributed by atoms with Gasteiger partial charge in [-0.3, -0.25) is 4.31 Å². The molecule has 5 nitrogen and oxygen atoms in total. The van der Waals surface area contributed by atoms with Crippen LogP contribution in [0.2, 0.25) is 0 Å². The lowest BCUT2D eigenvalue weighted by Gasteiger charge is -2.23. The average Bonchev–Trinajstić information content (AvgIpc) is 3.02. The third-order valence-corrected chi connectivity index (χ3v) is 6.82. The van der Waals surface area contributed by atoms with Crippen molar-refractivity contribution in [2.75, 3.05) is 4.31 Å². The zero-order chi connectivity index (χ0) is 15.2. The first kappa shape index (κ1) is 14.1. The lowest BCUT2D eigenvalue weighted by molar-refractivity contribution is 0.0697. The maximum atomic E-state index is 12.8. The van der Waals surface area contributed by atoms with Crippen molar-refractivity contribution in [1.29, 1.82) is 0 Å². The van der Waals surface area contributed by atoms with Crippen molar-refractivity contribution in [3.05, 3.63) is 46.8 Å². The fourth-order valence-electron chi connectivity index (χ4n) is 2.56. The van der Waals surface area contributed by atoms with E-state index in [0.29, 0.717) is 12.1 Å². The molecule has 0 aliphatic carbocycles. The van der Waals surface area contributed by atoms with Gasteiger partial charge in [-0.05, 0) is 31.0 Å². The molecule has 0 saturated carbocycles. The van der Waals surface area contributed by atoms with E-state index in [-0.39, 0.29) is 15.8 Å². The fourth-order valence-corrected chi connectivity index (χ4v) is 5.50. The van der Waals surface area contributed by atoms with Gasteiger partial charge in [-0.25, -0.2) is 13.2 Å². The van der Waals surface area contributed by atoms with Crippen LogP contribution in [0.25, 0.3) is 0 Å². The fraction of sp³-hybridized carbons (Fsp3) is 0.214. The minimum atomic E-state index is -3.73. The van der Waals surface area contributed by atoms with E-state index in [2.05, 4.69) is 0 Å². The van der Waals surface area contributed by atoms with Crippen LogP contribution in [0.5, 0.6) is 0 Å². The topological polar surface area (TPSA) is 74.7 Å². The number of carboxylic acids is 1. The summed E-state index contributed by atoms with van der Waals surface area (Å²) in [4.78, 5) is 10.9. The summed E-state index contributed by atoms with van der Waals surface area (Å²) in [5.74, 6) is -1.12. The predicted molar refractivity (Wildman–Crippen MR) is 80.6 cm³/mol. The van der Waals surface area contributed by atoms with Gasteiger partial charge in [-0.15, -0.1) is 11.3 Å². The number of sulfonamides is 1. The summed E-state index contributed by atoms with van der Waals surface area (Å²) < 4.78 is 27.0. The Balaban J connectivity index is 2.08. The van der Waals surface area contributed by atoms with Crippen LogP contribution in [0, 0.1) is 0 Å². The molecule has 0 unspecified atom stereocenters. The lowest BCUT2D eigenvalue weighted by Crippen LogP contribution is -2.35. The second kappa shape index (κ2) is 4.85. The monoisotopic (exact) mass is 323 g/mol. The Morgan fingerprint density at radius 2 is 2.10 bits per heavy atom. The van der Waals surface area contributed by atoms with Crippen LogP contribution in [-0.2, 0) is 16.4 Å². The zero-order valence-corrected chi connectivity index (χ0v) is 12.8. The van der Waals surface area contributed by atoms with Crippen LogP contribution in [0.3, 0.4) is 0 Å². The molecule has 0 radical (unpaired) electrons. The van der Waals surface area contributed by atoms with E-state index < -0.39 is 16.0 Å². The van der Waals surface area contributed by atoms with Crippen molar-refractivity contribution in [2.45, 2.75) is 23.6 Å². The first-order chi connectivity index (χ1) is 9.91. The highest BCUT2D eigenvalue weighted by molar-refractivity contribution is 7.94. The normalized spacial score (nSPS) is 17.8. The third kappa shape index (κ3) is 2.22. The molecule has 21 heavy (non-hydrogen) atoms. The minimum Gasteiger partial charge on any atom is -0.478 e. The second-order valence-corrected chi connectivity index (χ2v) is 7.90. The number of anilines is 1. The smallest absolute Gasteiger partial charge is 0.336 e. The summed E-state index contributed by atoms with van der Waals surface area (Å²) in [6, 6.07) is 8.42. The van der Waals surface area contributed by atoms with Crippen LogP contribution in [0.15, 0.2) is 39.9 Å². The number of nitrogens with zero attached hydrogens (tertiary/aromatic N) is 1. The highest BCUT2D eigenvalue weighted by Crippen LogP contribution is 2.37. The molecule has 1 aliphatic rings. The van der Waals surface area contributed by atoms with Gasteiger partial charge in [0.1, 0.15) is 4.21 Å². The molecular formula is C14H13NO4S2. The molecule has 0 fully saturated rings. The number of carboxylic acid groups (broad SMARTS) is 1. The predicted octanol–water partition coefficient (Wildman–Crippen LogP) is 2.59. The molecular weight excluding hydrogens is 310 g/mol. The van der Waals surface area contributed by atoms with E-state index >= 15 is 0 Å². The van der Waals surface area contributed by atoms with E-state index in [1.807, 2.05) is 19.1 Å². The SMILES string of the molecule is C[C@@H]1Cc2ccccc2N1S(=O)(=O)c1cc(C(=O)O)cs1. The largest absolute Gasteiger partial charge is 0.478 e. The van der Waals surface area contributed by atoms with Gasteiger partial charge in [0.05, 0.1) is 11.3 Å². The summed E-state index contributed by atoms with van der Waals surface area (Å²) in [6.07, 6.45) is 0.659. The Morgan fingerprint density at radius 3 is 2.76 bits per heavy atom. The maximum Gasteiger partial charge on any atom is 0.336 e. The molecule has 1 atom stereocenters. The molecule has 3 rings (SSSR count). The van der Waals surface area contributed by atoms with Gasteiger partial charge in [0, 0.05) is 11.4 Å². The number of aromatic carboxylic acids is 1. The van der Waals surface area contributed by atoms with Crippen molar-refractivity contribution in [1.82, 2.24) is 0 Å². The quantitative estimate of drug-likeness (QED) is 0.942. The molecule has 0 amide bonds. The van der Waals surface area contributed by atoms with Crippen LogP contribution < -0.4 is 4.31 Å². The van der Waals surface area contributed by atoms with Crippen molar-refractivity contribution in [3.8, 4) is 0 Å². The molecule has 0 saturated heterocycles. The summed E-state index contributed by atoms with van der Waals surface area (Å²) in [7, 11) is -3.73. The number of fused-ring (bicyclic) bond motifs is 1. The molecule has 0 spiro atoms. The highest BCUT2D eigenvalue weighted by Gasteiger charge is 2.36. The zero-order valence-electron chi connectivity index (χ0n) is 11.2. The number of hydrogen-bond acceptors (Lipinski definition) is 4. The van der Waals surface area contributed by atoms with Gasteiger partial charge in [0.15, 0.2) is 0 Å². The summed E-state index contributed by atoms with van der Waals surface area (Å²) >= 11 is 0.938. The number of carbonyl (C=O) groups is 1. The van der Waals surface area contributed by atoms with Gasteiger partial charge < -0.3 is 5.11 Å². The minimum absolute atomic E-state index is 0.00119. The number of hydrogen-bond donors (Lipinski definition) is 1. The Morgan fingerprint density at radius 1 is 1.38 bits per heavy atom. The van der Waals surface area contributed by atoms with Gasteiger partial charge in [0.25, 0.3) is 10.0 Å². The first-order valence-electron chi connectivity index (χ1n) is 6.35. The molecule has 2 heterocycles. The second-order valence-electron chi connectivity index (χ2n) is 4.94. The maximum absolute atomic E-state index is 12.8. The summed E-state index contributed by atoms with van der Waals surface area (Å²) in [5.41, 5.74) is 1.66. The van der Waals surface area contributed by atoms with E-state index in [1.165, 1.54) is 15.8 Å². The summed E-state index contributed by atoms with van der Waals surface area (Å²) in [5, 5.41) is 10.3. The van der Waals surface area contributed by atoms with Crippen LogP contribution in [0.1, 0.15) is 22.8 Å². The standard InChI is InChI=1S/C14H13NO4S2/c1-9-6-10-4-2-3-5-12(10)15(9)21(18,19)13-7-11(8-20-13)14(16)17/h2-5,7-9H,6H2,1H3,(H,16,17)/t9-/m1/s1. The van der Waals surface area contributed by atoms with Crippen molar-refractivity contribution < 1.29 is 18.3 Å². The number of thiophene rings is 1. The highest BCUT2D eigenvalue weighted by atomic mass is 32.2. The Hall–Kier alpha value is -1.86. The first-order valence-corrected chi connectivity index (χ1v) is 8.67. The third-order valence-electron chi connectivity index (χ3n) is 3.48. The van der Waals surface area contributed by atoms with Gasteiger partial charge in [0.2, 0.25) is 0 Å². The van der Waals surface area contributed by atoms with Gasteiger partial charge >= 0.3 is 5.97 Å². The molecule has 1 aliphatic heterocycles. The van der Waals surface area contributed by atoms with Gasteiger partial charge in [-0.2, -0.15) is 0 Å². The summed E-state index contributed by atoms with van der Waals surface area (Å²) in [6.45, 7) is 1.85. The van der Waals surface area contributed by atoms with E-state index in [1.54, 1.807) is 12.1 Å². The van der Waals surface area contributed by atoms with Crippen molar-refractivity contribution in [3.63, 3.8) is 0 Å². The average molecular weight is 323 g/mol.